The molecule has 0 bridgehead atoms. The maximum absolute atomic E-state index is 12.4. The zero-order chi connectivity index (χ0) is 18.1. The van der Waals surface area contributed by atoms with Gasteiger partial charge in [-0.1, -0.05) is 32.6 Å². The van der Waals surface area contributed by atoms with Gasteiger partial charge in [0.15, 0.2) is 0 Å². The van der Waals surface area contributed by atoms with Crippen LogP contribution in [0.4, 0.5) is 0 Å². The topological polar surface area (TPSA) is 142 Å². The number of aliphatic hydroxyl groups is 1. The minimum absolute atomic E-state index is 0.0312. The van der Waals surface area contributed by atoms with Gasteiger partial charge in [0.05, 0.1) is 19.1 Å². The van der Waals surface area contributed by atoms with Crippen molar-refractivity contribution in [2.45, 2.75) is 70.0 Å². The van der Waals surface area contributed by atoms with E-state index in [0.717, 1.165) is 38.5 Å². The van der Waals surface area contributed by atoms with Gasteiger partial charge in [0.2, 0.25) is 11.8 Å². The maximum atomic E-state index is 12.4. The van der Waals surface area contributed by atoms with Crippen molar-refractivity contribution in [2.24, 2.45) is 11.7 Å². The van der Waals surface area contributed by atoms with Crippen molar-refractivity contribution in [1.82, 2.24) is 10.6 Å². The number of carboxylic acids is 1. The molecule has 8 nitrogen and oxygen atoms in total. The molecule has 0 heterocycles. The first kappa shape index (κ1) is 20.4. The summed E-state index contributed by atoms with van der Waals surface area (Å²) < 4.78 is 0. The van der Waals surface area contributed by atoms with Crippen molar-refractivity contribution < 1.29 is 24.6 Å². The molecule has 6 N–H and O–H groups in total. The van der Waals surface area contributed by atoms with Crippen molar-refractivity contribution in [3.05, 3.63) is 0 Å². The normalized spacial score (nSPS) is 23.6. The fourth-order valence-electron chi connectivity index (χ4n) is 3.10. The molecule has 2 amide bonds. The van der Waals surface area contributed by atoms with Gasteiger partial charge in [-0.3, -0.25) is 14.4 Å². The Labute approximate surface area is 142 Å². The lowest BCUT2D eigenvalue weighted by molar-refractivity contribution is -0.139. The van der Waals surface area contributed by atoms with Crippen LogP contribution in [0.25, 0.3) is 0 Å². The van der Waals surface area contributed by atoms with Crippen LogP contribution in [0.1, 0.15) is 51.9 Å². The van der Waals surface area contributed by atoms with Crippen LogP contribution in [0, 0.1) is 5.92 Å². The van der Waals surface area contributed by atoms with Gasteiger partial charge in [-0.25, -0.2) is 0 Å². The summed E-state index contributed by atoms with van der Waals surface area (Å²) in [7, 11) is 0. The SMILES string of the molecule is CCC1CCCCCC1NC(=O)[C@@H](CO)NC(=O)[C@@H](N)CC(=O)O. The Hall–Kier alpha value is -1.67. The molecule has 24 heavy (non-hydrogen) atoms. The second-order valence-corrected chi connectivity index (χ2v) is 6.37. The van der Waals surface area contributed by atoms with E-state index in [-0.39, 0.29) is 6.04 Å². The third kappa shape index (κ3) is 6.45. The minimum atomic E-state index is -1.26. The number of hydrogen-bond acceptors (Lipinski definition) is 5. The van der Waals surface area contributed by atoms with Gasteiger partial charge in [0, 0.05) is 6.04 Å². The maximum Gasteiger partial charge on any atom is 0.305 e. The van der Waals surface area contributed by atoms with Crippen LogP contribution in [0.2, 0.25) is 0 Å². The number of aliphatic carboxylic acids is 1. The summed E-state index contributed by atoms with van der Waals surface area (Å²) >= 11 is 0. The largest absolute Gasteiger partial charge is 0.481 e. The zero-order valence-electron chi connectivity index (χ0n) is 14.2. The number of amides is 2. The molecule has 2 unspecified atom stereocenters. The average molecular weight is 343 g/mol. The van der Waals surface area contributed by atoms with Crippen molar-refractivity contribution in [3.8, 4) is 0 Å². The zero-order valence-corrected chi connectivity index (χ0v) is 14.2. The summed E-state index contributed by atoms with van der Waals surface area (Å²) in [6.07, 6.45) is 5.70. The van der Waals surface area contributed by atoms with Crippen LogP contribution >= 0.6 is 0 Å². The highest BCUT2D eigenvalue weighted by Crippen LogP contribution is 2.25. The van der Waals surface area contributed by atoms with E-state index in [4.69, 9.17) is 10.8 Å². The molecule has 0 saturated heterocycles. The summed E-state index contributed by atoms with van der Waals surface area (Å²) in [4.78, 5) is 34.8. The Kier molecular flexibility index (Phi) is 8.70. The summed E-state index contributed by atoms with van der Waals surface area (Å²) in [5, 5.41) is 23.3. The molecule has 0 aromatic heterocycles. The predicted molar refractivity (Wildman–Crippen MR) is 88.0 cm³/mol. The van der Waals surface area contributed by atoms with Gasteiger partial charge in [0.25, 0.3) is 0 Å². The Balaban J connectivity index is 2.61. The van der Waals surface area contributed by atoms with Gasteiger partial charge in [-0.15, -0.1) is 0 Å². The first-order valence-corrected chi connectivity index (χ1v) is 8.58. The molecule has 1 aliphatic rings. The number of carbonyl (C=O) groups excluding carboxylic acids is 2. The van der Waals surface area contributed by atoms with Crippen LogP contribution in [0.15, 0.2) is 0 Å². The summed E-state index contributed by atoms with van der Waals surface area (Å²) in [5.74, 6) is -2.04. The van der Waals surface area contributed by atoms with Crippen molar-refractivity contribution >= 4 is 17.8 Å². The van der Waals surface area contributed by atoms with E-state index in [1.165, 1.54) is 0 Å². The number of nitrogens with one attached hydrogen (secondary N) is 2. The quantitative estimate of drug-likeness (QED) is 0.384. The molecular weight excluding hydrogens is 314 g/mol. The van der Waals surface area contributed by atoms with E-state index in [2.05, 4.69) is 17.6 Å². The van der Waals surface area contributed by atoms with E-state index in [9.17, 15) is 19.5 Å². The fourth-order valence-corrected chi connectivity index (χ4v) is 3.10. The Morgan fingerprint density at radius 3 is 2.42 bits per heavy atom. The van der Waals surface area contributed by atoms with E-state index >= 15 is 0 Å². The number of aliphatic hydroxyl groups excluding tert-OH is 1. The molecule has 0 aromatic carbocycles. The summed E-state index contributed by atoms with van der Waals surface area (Å²) in [6, 6.07) is -2.35. The van der Waals surface area contributed by atoms with Crippen molar-refractivity contribution in [2.75, 3.05) is 6.61 Å². The molecule has 8 heteroatoms. The molecule has 0 radical (unpaired) electrons. The number of nitrogens with two attached hydrogens (primary N) is 1. The molecule has 1 rings (SSSR count). The molecule has 4 atom stereocenters. The first-order valence-electron chi connectivity index (χ1n) is 8.58. The van der Waals surface area contributed by atoms with Crippen LogP contribution in [-0.4, -0.2) is 52.7 Å². The van der Waals surface area contributed by atoms with E-state index in [0.29, 0.717) is 5.92 Å². The lowest BCUT2D eigenvalue weighted by atomic mass is 9.92. The van der Waals surface area contributed by atoms with E-state index < -0.39 is 42.9 Å². The van der Waals surface area contributed by atoms with Crippen LogP contribution in [0.5, 0.6) is 0 Å². The lowest BCUT2D eigenvalue weighted by Gasteiger charge is -2.27. The highest BCUT2D eigenvalue weighted by molar-refractivity contribution is 5.91. The molecule has 1 aliphatic carbocycles. The molecular formula is C16H29N3O5. The van der Waals surface area contributed by atoms with Crippen LogP contribution < -0.4 is 16.4 Å². The van der Waals surface area contributed by atoms with Crippen LogP contribution in [0.3, 0.4) is 0 Å². The standard InChI is InChI=1S/C16H29N3O5/c1-2-10-6-4-3-5-7-12(10)18-16(24)13(9-20)19-15(23)11(17)8-14(21)22/h10-13,20H,2-9,17H2,1H3,(H,18,24)(H,19,23)(H,21,22)/t10?,11-,12?,13+/m0/s1. The smallest absolute Gasteiger partial charge is 0.305 e. The molecule has 0 spiro atoms. The fraction of sp³-hybridized carbons (Fsp3) is 0.812. The van der Waals surface area contributed by atoms with Crippen molar-refractivity contribution in [1.29, 1.82) is 0 Å². The Bertz CT molecular complexity index is 443. The van der Waals surface area contributed by atoms with Crippen LogP contribution in [-0.2, 0) is 14.4 Å². The van der Waals surface area contributed by atoms with Gasteiger partial charge < -0.3 is 26.6 Å². The third-order valence-electron chi connectivity index (χ3n) is 4.56. The minimum Gasteiger partial charge on any atom is -0.481 e. The lowest BCUT2D eigenvalue weighted by Crippen LogP contribution is -2.55. The highest BCUT2D eigenvalue weighted by atomic mass is 16.4. The highest BCUT2D eigenvalue weighted by Gasteiger charge is 2.29. The number of hydrogen-bond donors (Lipinski definition) is 5. The predicted octanol–water partition coefficient (Wildman–Crippen LogP) is -0.259. The Morgan fingerprint density at radius 1 is 1.17 bits per heavy atom. The van der Waals surface area contributed by atoms with Gasteiger partial charge in [-0.05, 0) is 18.8 Å². The second kappa shape index (κ2) is 10.2. The van der Waals surface area contributed by atoms with Gasteiger partial charge >= 0.3 is 5.97 Å². The summed E-state index contributed by atoms with van der Waals surface area (Å²) in [5.41, 5.74) is 5.46. The Morgan fingerprint density at radius 2 is 1.83 bits per heavy atom. The van der Waals surface area contributed by atoms with E-state index in [1.807, 2.05) is 0 Å². The monoisotopic (exact) mass is 343 g/mol. The van der Waals surface area contributed by atoms with E-state index in [1.54, 1.807) is 0 Å². The van der Waals surface area contributed by atoms with Gasteiger partial charge in [0.1, 0.15) is 6.04 Å². The number of rotatable bonds is 8. The first-order chi connectivity index (χ1) is 11.4. The molecule has 0 aromatic rings. The second-order valence-electron chi connectivity index (χ2n) is 6.37. The number of carboxylic acid groups (broad SMARTS) is 1. The third-order valence-corrected chi connectivity index (χ3v) is 4.56. The molecule has 0 aliphatic heterocycles. The average Bonchev–Trinajstić information content (AvgIpc) is 2.76. The number of carbonyl (C=O) groups is 3. The molecule has 1 fully saturated rings. The van der Waals surface area contributed by atoms with Gasteiger partial charge in [-0.2, -0.15) is 0 Å². The molecule has 1 saturated carbocycles. The summed E-state index contributed by atoms with van der Waals surface area (Å²) in [6.45, 7) is 1.52. The molecule has 138 valence electrons. The van der Waals surface area contributed by atoms with Crippen molar-refractivity contribution in [3.63, 3.8) is 0 Å².